The first-order chi connectivity index (χ1) is 10.0. The van der Waals surface area contributed by atoms with Crippen LogP contribution in [-0.4, -0.2) is 33.4 Å². The number of hydrogen-bond donors (Lipinski definition) is 2. The molecule has 112 valence electrons. The van der Waals surface area contributed by atoms with Gasteiger partial charge in [-0.05, 0) is 18.9 Å². The molecule has 1 aromatic heterocycles. The van der Waals surface area contributed by atoms with Gasteiger partial charge in [0, 0.05) is 5.39 Å². The minimum absolute atomic E-state index is 0.0420. The number of pyridine rings is 1. The van der Waals surface area contributed by atoms with Crippen molar-refractivity contribution in [1.82, 2.24) is 4.98 Å². The van der Waals surface area contributed by atoms with E-state index < -0.39 is 11.6 Å². The summed E-state index contributed by atoms with van der Waals surface area (Å²) < 4.78 is 5.56. The molecule has 0 unspecified atom stereocenters. The molecule has 0 atom stereocenters. The summed E-state index contributed by atoms with van der Waals surface area (Å²) in [5, 5.41) is 20.2. The van der Waals surface area contributed by atoms with Crippen molar-refractivity contribution < 1.29 is 19.7 Å². The Bertz CT molecular complexity index is 650. The van der Waals surface area contributed by atoms with E-state index in [4.69, 9.17) is 4.74 Å². The summed E-state index contributed by atoms with van der Waals surface area (Å²) in [5.41, 5.74) is -0.278. The Morgan fingerprint density at radius 3 is 2.57 bits per heavy atom. The van der Waals surface area contributed by atoms with Gasteiger partial charge in [-0.1, -0.05) is 32.0 Å². The van der Waals surface area contributed by atoms with Gasteiger partial charge < -0.3 is 14.9 Å². The van der Waals surface area contributed by atoms with Gasteiger partial charge in [-0.3, -0.25) is 4.98 Å². The molecule has 0 aliphatic rings. The second-order valence-electron chi connectivity index (χ2n) is 5.04. The smallest absolute Gasteiger partial charge is 0.340 e. The van der Waals surface area contributed by atoms with E-state index in [0.29, 0.717) is 23.7 Å². The lowest BCUT2D eigenvalue weighted by Crippen LogP contribution is -2.34. The molecule has 2 aromatic rings. The summed E-state index contributed by atoms with van der Waals surface area (Å²) in [6.07, 6.45) is 2.47. The summed E-state index contributed by atoms with van der Waals surface area (Å²) in [6.45, 7) is 3.77. The van der Waals surface area contributed by atoms with Crippen LogP contribution in [0.25, 0.3) is 10.9 Å². The van der Waals surface area contributed by atoms with Gasteiger partial charge in [0.15, 0.2) is 5.75 Å². The quantitative estimate of drug-likeness (QED) is 0.854. The summed E-state index contributed by atoms with van der Waals surface area (Å²) in [5.74, 6) is -0.887. The summed E-state index contributed by atoms with van der Waals surface area (Å²) in [6, 6.07) is 7.01. The second kappa shape index (κ2) is 6.10. The largest absolute Gasteiger partial charge is 0.488 e. The van der Waals surface area contributed by atoms with Crippen LogP contribution in [0.1, 0.15) is 37.0 Å². The minimum atomic E-state index is -1.07. The molecule has 5 nitrogen and oxygen atoms in total. The number of carboxylic acid groups (broad SMARTS) is 1. The summed E-state index contributed by atoms with van der Waals surface area (Å²) >= 11 is 0. The van der Waals surface area contributed by atoms with Crippen LogP contribution >= 0.6 is 0 Å². The van der Waals surface area contributed by atoms with E-state index in [1.165, 1.54) is 6.20 Å². The molecule has 21 heavy (non-hydrogen) atoms. The molecule has 0 aliphatic heterocycles. The molecule has 2 N–H and O–H groups in total. The summed E-state index contributed by atoms with van der Waals surface area (Å²) in [4.78, 5) is 15.7. The van der Waals surface area contributed by atoms with Crippen molar-refractivity contribution in [3.8, 4) is 5.75 Å². The van der Waals surface area contributed by atoms with Crippen molar-refractivity contribution in [3.05, 3.63) is 36.0 Å². The molecule has 0 saturated carbocycles. The van der Waals surface area contributed by atoms with E-state index in [-0.39, 0.29) is 17.9 Å². The maximum absolute atomic E-state index is 11.5. The van der Waals surface area contributed by atoms with E-state index in [0.717, 1.165) is 0 Å². The van der Waals surface area contributed by atoms with Crippen molar-refractivity contribution in [1.29, 1.82) is 0 Å². The van der Waals surface area contributed by atoms with Crippen molar-refractivity contribution in [3.63, 3.8) is 0 Å². The van der Waals surface area contributed by atoms with Crippen molar-refractivity contribution in [2.24, 2.45) is 0 Å². The molecule has 0 bridgehead atoms. The van der Waals surface area contributed by atoms with Crippen LogP contribution in [-0.2, 0) is 0 Å². The Hall–Kier alpha value is -2.14. The highest BCUT2D eigenvalue weighted by molar-refractivity contribution is 6.04. The van der Waals surface area contributed by atoms with Crippen molar-refractivity contribution in [2.75, 3.05) is 6.61 Å². The van der Waals surface area contributed by atoms with Crippen LogP contribution in [0.4, 0.5) is 0 Å². The number of aliphatic hydroxyl groups is 1. The van der Waals surface area contributed by atoms with E-state index in [1.807, 2.05) is 13.8 Å². The fraction of sp³-hybridized carbons (Fsp3) is 0.375. The van der Waals surface area contributed by atoms with Gasteiger partial charge in [-0.2, -0.15) is 0 Å². The number of rotatable bonds is 6. The van der Waals surface area contributed by atoms with Crippen LogP contribution in [0.2, 0.25) is 0 Å². The highest BCUT2D eigenvalue weighted by atomic mass is 16.5. The average molecular weight is 289 g/mol. The Balaban J connectivity index is 2.40. The predicted octanol–water partition coefficient (Wildman–Crippen LogP) is 2.86. The molecule has 0 fully saturated rings. The normalized spacial score (nSPS) is 11.6. The molecule has 0 amide bonds. The third-order valence-electron chi connectivity index (χ3n) is 3.77. The number of nitrogens with zero attached hydrogens (tertiary/aromatic N) is 1. The van der Waals surface area contributed by atoms with Crippen LogP contribution in [0.15, 0.2) is 30.5 Å². The van der Waals surface area contributed by atoms with Gasteiger partial charge in [0.2, 0.25) is 0 Å². The van der Waals surface area contributed by atoms with E-state index in [9.17, 15) is 15.0 Å². The van der Waals surface area contributed by atoms with Gasteiger partial charge in [0.1, 0.15) is 12.2 Å². The number of hydrogen-bond acceptors (Lipinski definition) is 4. The Labute approximate surface area is 123 Å². The van der Waals surface area contributed by atoms with Gasteiger partial charge in [0.25, 0.3) is 0 Å². The Morgan fingerprint density at radius 1 is 1.29 bits per heavy atom. The predicted molar refractivity (Wildman–Crippen MR) is 79.7 cm³/mol. The maximum atomic E-state index is 11.5. The van der Waals surface area contributed by atoms with Crippen LogP contribution < -0.4 is 4.74 Å². The minimum Gasteiger partial charge on any atom is -0.488 e. The lowest BCUT2D eigenvalue weighted by Gasteiger charge is -2.25. The molecule has 0 radical (unpaired) electrons. The molecule has 0 saturated heterocycles. The number of aromatic nitrogens is 1. The molecule has 1 heterocycles. The molecule has 0 spiro atoms. The molecular formula is C16H19NO4. The van der Waals surface area contributed by atoms with E-state index in [2.05, 4.69) is 4.98 Å². The van der Waals surface area contributed by atoms with E-state index >= 15 is 0 Å². The third-order valence-corrected chi connectivity index (χ3v) is 3.77. The van der Waals surface area contributed by atoms with Gasteiger partial charge in [-0.15, -0.1) is 0 Å². The molecule has 0 aliphatic carbocycles. The molecule has 1 aromatic carbocycles. The number of carbonyl (C=O) groups is 1. The Morgan fingerprint density at radius 2 is 1.95 bits per heavy atom. The number of carboxylic acids is 1. The zero-order valence-electron chi connectivity index (χ0n) is 12.2. The topological polar surface area (TPSA) is 79.7 Å². The number of fused-ring (bicyclic) bond motifs is 1. The maximum Gasteiger partial charge on any atom is 0.340 e. The first-order valence-electron chi connectivity index (χ1n) is 6.97. The zero-order chi connectivity index (χ0) is 15.5. The molecular weight excluding hydrogens is 270 g/mol. The first-order valence-corrected chi connectivity index (χ1v) is 6.97. The van der Waals surface area contributed by atoms with Crippen LogP contribution in [0.5, 0.6) is 5.75 Å². The van der Waals surface area contributed by atoms with Gasteiger partial charge in [0.05, 0.1) is 17.3 Å². The molecule has 5 heteroatoms. The van der Waals surface area contributed by atoms with Gasteiger partial charge >= 0.3 is 5.97 Å². The highest BCUT2D eigenvalue weighted by Gasteiger charge is 2.25. The monoisotopic (exact) mass is 289 g/mol. The van der Waals surface area contributed by atoms with Crippen LogP contribution in [0, 0.1) is 0 Å². The lowest BCUT2D eigenvalue weighted by molar-refractivity contribution is -0.0117. The highest BCUT2D eigenvalue weighted by Crippen LogP contribution is 2.27. The number of para-hydroxylation sites is 1. The van der Waals surface area contributed by atoms with Gasteiger partial charge in [-0.25, -0.2) is 4.79 Å². The number of ether oxygens (including phenoxy) is 1. The SMILES string of the molecule is CCC(O)(CC)COc1cnc2ccccc2c1C(=O)O. The standard InChI is InChI=1S/C16H19NO4/c1-3-16(20,4-2)10-21-13-9-17-12-8-6-5-7-11(12)14(13)15(18)19/h5-9,20H,3-4,10H2,1-2H3,(H,18,19). The number of benzene rings is 1. The fourth-order valence-electron chi connectivity index (χ4n) is 2.12. The van der Waals surface area contributed by atoms with Crippen LogP contribution in [0.3, 0.4) is 0 Å². The first kappa shape index (κ1) is 15.3. The average Bonchev–Trinajstić information content (AvgIpc) is 2.51. The Kier molecular flexibility index (Phi) is 4.43. The molecule has 2 rings (SSSR count). The number of aromatic carboxylic acids is 1. The van der Waals surface area contributed by atoms with Crippen molar-refractivity contribution >= 4 is 16.9 Å². The van der Waals surface area contributed by atoms with Crippen molar-refractivity contribution in [2.45, 2.75) is 32.3 Å². The fourth-order valence-corrected chi connectivity index (χ4v) is 2.12. The third kappa shape index (κ3) is 3.13. The van der Waals surface area contributed by atoms with E-state index in [1.54, 1.807) is 24.3 Å². The lowest BCUT2D eigenvalue weighted by atomic mass is 9.99. The summed E-state index contributed by atoms with van der Waals surface area (Å²) in [7, 11) is 0. The second-order valence-corrected chi connectivity index (χ2v) is 5.04. The zero-order valence-corrected chi connectivity index (χ0v) is 12.2.